The van der Waals surface area contributed by atoms with E-state index < -0.39 is 53.6 Å². The Bertz CT molecular complexity index is 1150. The third-order valence-electron chi connectivity index (χ3n) is 6.00. The second kappa shape index (κ2) is 6.75. The van der Waals surface area contributed by atoms with Crippen LogP contribution in [-0.2, 0) is 33.4 Å². The second-order valence-electron chi connectivity index (χ2n) is 7.86. The fourth-order valence-electron chi connectivity index (χ4n) is 4.86. The van der Waals surface area contributed by atoms with E-state index in [1.165, 1.54) is 18.7 Å². The van der Waals surface area contributed by atoms with Crippen LogP contribution in [0.4, 0.5) is 5.69 Å². The summed E-state index contributed by atoms with van der Waals surface area (Å²) in [7, 11) is 0. The molecule has 158 valence electrons. The smallest absolute Gasteiger partial charge is 0.305 e. The molecule has 2 amide bonds. The zero-order valence-corrected chi connectivity index (χ0v) is 16.8. The van der Waals surface area contributed by atoms with Gasteiger partial charge in [-0.05, 0) is 17.5 Å². The summed E-state index contributed by atoms with van der Waals surface area (Å²) < 4.78 is 16.4. The molecule has 3 aliphatic heterocycles. The van der Waals surface area contributed by atoms with Gasteiger partial charge in [-0.1, -0.05) is 42.5 Å². The number of esters is 2. The minimum absolute atomic E-state index is 0.396. The van der Waals surface area contributed by atoms with Crippen molar-refractivity contribution in [3.63, 3.8) is 0 Å². The van der Waals surface area contributed by atoms with Gasteiger partial charge in [0.05, 0.1) is 23.6 Å². The zero-order chi connectivity index (χ0) is 21.9. The molecule has 8 heteroatoms. The predicted octanol–water partition coefficient (Wildman–Crippen LogP) is 2.11. The zero-order valence-electron chi connectivity index (χ0n) is 16.8. The summed E-state index contributed by atoms with van der Waals surface area (Å²) in [4.78, 5) is 51.6. The maximum absolute atomic E-state index is 13.6. The summed E-state index contributed by atoms with van der Waals surface area (Å²) in [5.74, 6) is -4.07. The van der Waals surface area contributed by atoms with Gasteiger partial charge < -0.3 is 14.2 Å². The van der Waals surface area contributed by atoms with Gasteiger partial charge in [-0.2, -0.15) is 0 Å². The molecule has 0 aromatic heterocycles. The number of rotatable bonds is 4. The molecule has 3 aliphatic rings. The number of carbonyl (C=O) groups is 4. The highest BCUT2D eigenvalue weighted by molar-refractivity contribution is 6.26. The first-order chi connectivity index (χ1) is 14.8. The van der Waals surface area contributed by atoms with Crippen LogP contribution in [0.1, 0.15) is 13.8 Å². The summed E-state index contributed by atoms with van der Waals surface area (Å²) in [5, 5.41) is 1.65. The van der Waals surface area contributed by atoms with Crippen LogP contribution in [0.2, 0.25) is 0 Å². The van der Waals surface area contributed by atoms with E-state index in [4.69, 9.17) is 14.2 Å². The van der Waals surface area contributed by atoms with Crippen molar-refractivity contribution < 1.29 is 33.4 Å². The first kappa shape index (κ1) is 19.4. The van der Waals surface area contributed by atoms with Crippen LogP contribution in [0.15, 0.2) is 54.6 Å². The molecule has 0 radical (unpaired) electrons. The van der Waals surface area contributed by atoms with E-state index in [1.807, 2.05) is 30.3 Å². The Balaban J connectivity index is 1.60. The Morgan fingerprint density at radius 1 is 1.00 bits per heavy atom. The molecular formula is C23H19NO7. The molecule has 31 heavy (non-hydrogen) atoms. The number of anilines is 1. The van der Waals surface area contributed by atoms with Crippen molar-refractivity contribution >= 4 is 40.2 Å². The van der Waals surface area contributed by atoms with Crippen molar-refractivity contribution in [2.24, 2.45) is 11.8 Å². The molecule has 3 heterocycles. The first-order valence-electron chi connectivity index (χ1n) is 9.90. The monoisotopic (exact) mass is 421 g/mol. The highest BCUT2D eigenvalue weighted by Crippen LogP contribution is 2.55. The summed E-state index contributed by atoms with van der Waals surface area (Å²) >= 11 is 0. The first-order valence-corrected chi connectivity index (χ1v) is 9.90. The molecule has 8 nitrogen and oxygen atoms in total. The number of benzene rings is 2. The van der Waals surface area contributed by atoms with Crippen LogP contribution in [0, 0.1) is 11.8 Å². The van der Waals surface area contributed by atoms with E-state index in [-0.39, 0.29) is 0 Å². The van der Waals surface area contributed by atoms with Gasteiger partial charge in [-0.3, -0.25) is 19.2 Å². The molecule has 0 unspecified atom stereocenters. The van der Waals surface area contributed by atoms with Crippen molar-refractivity contribution in [1.29, 1.82) is 0 Å². The Kier molecular flexibility index (Phi) is 4.23. The van der Waals surface area contributed by atoms with Gasteiger partial charge >= 0.3 is 11.9 Å². The largest absolute Gasteiger partial charge is 0.422 e. The fourth-order valence-corrected chi connectivity index (χ4v) is 4.86. The van der Waals surface area contributed by atoms with E-state index in [0.717, 1.165) is 10.8 Å². The Hall–Kier alpha value is -3.52. The molecule has 2 aromatic rings. The molecule has 5 rings (SSSR count). The predicted molar refractivity (Wildman–Crippen MR) is 107 cm³/mol. The number of hydrogen-bond donors (Lipinski definition) is 0. The normalized spacial score (nSPS) is 28.5. The Morgan fingerprint density at radius 2 is 1.68 bits per heavy atom. The van der Waals surface area contributed by atoms with Gasteiger partial charge in [0.25, 0.3) is 6.29 Å². The van der Waals surface area contributed by atoms with Gasteiger partial charge in [-0.15, -0.1) is 0 Å². The lowest BCUT2D eigenvalue weighted by Gasteiger charge is -2.34. The van der Waals surface area contributed by atoms with Gasteiger partial charge in [-0.25, -0.2) is 4.90 Å². The van der Waals surface area contributed by atoms with Crippen molar-refractivity contribution in [2.75, 3.05) is 4.90 Å². The molecular weight excluding hydrogens is 402 g/mol. The number of amides is 2. The number of ether oxygens (including phenoxy) is 3. The van der Waals surface area contributed by atoms with Crippen LogP contribution >= 0.6 is 0 Å². The standard InChI is InChI=1S/C23H19NO7/c1-12(25)29-22(30-13(2)26)23-11-10-17(31-23)18-19(23)21(28)24(20(18)27)16-9-5-7-14-6-3-4-8-15(14)16/h3-11,17-19,22H,1-2H3/t17-,18+,19+,23+/m1/s1. The third-order valence-corrected chi connectivity index (χ3v) is 6.00. The Labute approximate surface area is 177 Å². The summed E-state index contributed by atoms with van der Waals surface area (Å²) in [6, 6.07) is 12.9. The lowest BCUT2D eigenvalue weighted by molar-refractivity contribution is -0.226. The van der Waals surface area contributed by atoms with E-state index in [0.29, 0.717) is 5.69 Å². The van der Waals surface area contributed by atoms with E-state index in [2.05, 4.69) is 0 Å². The number of hydrogen-bond acceptors (Lipinski definition) is 7. The number of carbonyl (C=O) groups excluding carboxylic acids is 4. The maximum atomic E-state index is 13.6. The van der Waals surface area contributed by atoms with E-state index >= 15 is 0 Å². The molecule has 0 aliphatic carbocycles. The molecule has 2 aromatic carbocycles. The van der Waals surface area contributed by atoms with E-state index in [1.54, 1.807) is 24.3 Å². The van der Waals surface area contributed by atoms with Crippen molar-refractivity contribution in [3.05, 3.63) is 54.6 Å². The third kappa shape index (κ3) is 2.71. The lowest BCUT2D eigenvalue weighted by Crippen LogP contribution is -2.52. The SMILES string of the molecule is CC(=O)OC(OC(C)=O)[C@@]12C=C[C@@H](O1)[C@@H]1C(=O)N(c3cccc4ccccc34)C(=O)[C@H]12. The highest BCUT2D eigenvalue weighted by Gasteiger charge is 2.72. The van der Waals surface area contributed by atoms with Crippen LogP contribution in [0.3, 0.4) is 0 Å². The molecule has 0 saturated carbocycles. The van der Waals surface area contributed by atoms with E-state index in [9.17, 15) is 19.2 Å². The lowest BCUT2D eigenvalue weighted by atomic mass is 9.76. The van der Waals surface area contributed by atoms with Gasteiger partial charge in [0.15, 0.2) is 5.60 Å². The topological polar surface area (TPSA) is 99.2 Å². The second-order valence-corrected chi connectivity index (χ2v) is 7.86. The minimum atomic E-state index is -1.56. The Morgan fingerprint density at radius 3 is 2.39 bits per heavy atom. The molecule has 0 spiro atoms. The summed E-state index contributed by atoms with van der Waals surface area (Å²) in [6.07, 6.45) is 1.05. The van der Waals surface area contributed by atoms with Crippen molar-refractivity contribution in [3.8, 4) is 0 Å². The minimum Gasteiger partial charge on any atom is -0.422 e. The quantitative estimate of drug-likeness (QED) is 0.323. The van der Waals surface area contributed by atoms with Crippen molar-refractivity contribution in [2.45, 2.75) is 31.8 Å². The average molecular weight is 421 g/mol. The molecule has 2 saturated heterocycles. The summed E-state index contributed by atoms with van der Waals surface area (Å²) in [6.45, 7) is 2.33. The molecule has 0 N–H and O–H groups in total. The van der Waals surface area contributed by atoms with Gasteiger partial charge in [0, 0.05) is 19.2 Å². The fraction of sp³-hybridized carbons (Fsp3) is 0.304. The van der Waals surface area contributed by atoms with Gasteiger partial charge in [0.2, 0.25) is 11.8 Å². The average Bonchev–Trinajstić information content (AvgIpc) is 3.38. The maximum Gasteiger partial charge on any atom is 0.305 e. The molecule has 2 bridgehead atoms. The van der Waals surface area contributed by atoms with Crippen LogP contribution in [-0.4, -0.2) is 41.7 Å². The summed E-state index contributed by atoms with van der Waals surface area (Å²) in [5.41, 5.74) is -1.08. The van der Waals surface area contributed by atoms with Crippen LogP contribution in [0.25, 0.3) is 10.8 Å². The van der Waals surface area contributed by atoms with Gasteiger partial charge in [0.1, 0.15) is 0 Å². The number of nitrogens with zero attached hydrogens (tertiary/aromatic N) is 1. The van der Waals surface area contributed by atoms with Crippen molar-refractivity contribution in [1.82, 2.24) is 0 Å². The van der Waals surface area contributed by atoms with Crippen LogP contribution < -0.4 is 4.90 Å². The highest BCUT2D eigenvalue weighted by atomic mass is 16.7. The number of imide groups is 1. The van der Waals surface area contributed by atoms with Crippen LogP contribution in [0.5, 0.6) is 0 Å². The number of fused-ring (bicyclic) bond motifs is 6. The molecule has 4 atom stereocenters. The molecule has 2 fully saturated rings.